The van der Waals surface area contributed by atoms with Gasteiger partial charge in [0, 0.05) is 25.3 Å². The molecule has 4 nitrogen and oxygen atoms in total. The van der Waals surface area contributed by atoms with Crippen molar-refractivity contribution in [2.45, 2.75) is 19.3 Å². The van der Waals surface area contributed by atoms with E-state index in [0.717, 1.165) is 12.8 Å². The molecule has 0 bridgehead atoms. The zero-order chi connectivity index (χ0) is 13.0. The molecule has 1 saturated heterocycles. The van der Waals surface area contributed by atoms with Crippen molar-refractivity contribution in [2.24, 2.45) is 5.92 Å². The maximum Gasteiger partial charge on any atom is 0.227 e. The van der Waals surface area contributed by atoms with E-state index in [9.17, 15) is 9.90 Å². The lowest BCUT2D eigenvalue weighted by Gasteiger charge is -2.31. The van der Waals surface area contributed by atoms with Crippen LogP contribution in [0.1, 0.15) is 18.4 Å². The van der Waals surface area contributed by atoms with E-state index in [1.807, 2.05) is 11.0 Å². The Bertz CT molecular complexity index is 411. The number of carbonyl (C=O) groups is 1. The van der Waals surface area contributed by atoms with Gasteiger partial charge in [0.15, 0.2) is 0 Å². The Morgan fingerprint density at radius 2 is 1.94 bits per heavy atom. The molecule has 98 valence electrons. The second-order valence-corrected chi connectivity index (χ2v) is 4.81. The smallest absolute Gasteiger partial charge is 0.227 e. The molecule has 2 rings (SSSR count). The van der Waals surface area contributed by atoms with Crippen molar-refractivity contribution in [3.05, 3.63) is 29.8 Å². The number of carbonyl (C=O) groups excluding carboxylic acids is 1. The summed E-state index contributed by atoms with van der Waals surface area (Å²) >= 11 is 0. The van der Waals surface area contributed by atoms with Crippen molar-refractivity contribution in [3.63, 3.8) is 0 Å². The van der Waals surface area contributed by atoms with Gasteiger partial charge in [0.25, 0.3) is 0 Å². The number of hydrogen-bond donors (Lipinski definition) is 2. The van der Waals surface area contributed by atoms with Crippen LogP contribution >= 0.6 is 0 Å². The van der Waals surface area contributed by atoms with E-state index in [1.54, 1.807) is 18.2 Å². The molecule has 1 aromatic carbocycles. The van der Waals surface area contributed by atoms with Crippen molar-refractivity contribution < 1.29 is 15.0 Å². The monoisotopic (exact) mass is 249 g/mol. The van der Waals surface area contributed by atoms with E-state index < -0.39 is 0 Å². The quantitative estimate of drug-likeness (QED) is 0.845. The van der Waals surface area contributed by atoms with Gasteiger partial charge in [0.2, 0.25) is 5.91 Å². The molecule has 4 heteroatoms. The summed E-state index contributed by atoms with van der Waals surface area (Å²) in [5.41, 5.74) is 0.673. The number of rotatable bonds is 3. The lowest BCUT2D eigenvalue weighted by Crippen LogP contribution is -2.40. The van der Waals surface area contributed by atoms with Crippen LogP contribution in [0.5, 0.6) is 5.75 Å². The molecule has 1 fully saturated rings. The molecule has 0 radical (unpaired) electrons. The predicted molar refractivity (Wildman–Crippen MR) is 68.2 cm³/mol. The Kier molecular flexibility index (Phi) is 4.20. The van der Waals surface area contributed by atoms with Gasteiger partial charge in [-0.25, -0.2) is 0 Å². The summed E-state index contributed by atoms with van der Waals surface area (Å²) in [5.74, 6) is 0.558. The summed E-state index contributed by atoms with van der Waals surface area (Å²) in [5, 5.41) is 18.7. The average Bonchev–Trinajstić information content (AvgIpc) is 2.41. The van der Waals surface area contributed by atoms with Crippen molar-refractivity contribution in [2.75, 3.05) is 19.7 Å². The Morgan fingerprint density at radius 3 is 2.56 bits per heavy atom. The third-order valence-corrected chi connectivity index (χ3v) is 3.56. The molecule has 1 aliphatic heterocycles. The molecule has 0 spiro atoms. The first-order valence-electron chi connectivity index (χ1n) is 6.36. The summed E-state index contributed by atoms with van der Waals surface area (Å²) in [6.07, 6.45) is 1.97. The Balaban J connectivity index is 1.91. The topological polar surface area (TPSA) is 60.8 Å². The van der Waals surface area contributed by atoms with Gasteiger partial charge in [-0.15, -0.1) is 0 Å². The first kappa shape index (κ1) is 12.9. The van der Waals surface area contributed by atoms with Gasteiger partial charge < -0.3 is 15.1 Å². The van der Waals surface area contributed by atoms with E-state index >= 15 is 0 Å². The van der Waals surface area contributed by atoms with Gasteiger partial charge in [-0.05, 0) is 24.8 Å². The number of phenolic OH excluding ortho intramolecular Hbond substituents is 1. The average molecular weight is 249 g/mol. The number of amides is 1. The van der Waals surface area contributed by atoms with Crippen molar-refractivity contribution in [1.29, 1.82) is 0 Å². The van der Waals surface area contributed by atoms with Crippen molar-refractivity contribution in [1.82, 2.24) is 4.90 Å². The second kappa shape index (κ2) is 5.87. The first-order chi connectivity index (χ1) is 8.70. The molecule has 2 N–H and O–H groups in total. The summed E-state index contributed by atoms with van der Waals surface area (Å²) < 4.78 is 0. The fourth-order valence-corrected chi connectivity index (χ4v) is 2.30. The molecule has 0 aliphatic carbocycles. The minimum absolute atomic E-state index is 0.0490. The number of aliphatic hydroxyl groups is 1. The van der Waals surface area contributed by atoms with Gasteiger partial charge in [-0.1, -0.05) is 18.2 Å². The molecule has 18 heavy (non-hydrogen) atoms. The van der Waals surface area contributed by atoms with Gasteiger partial charge in [-0.2, -0.15) is 0 Å². The molecule has 0 unspecified atom stereocenters. The highest BCUT2D eigenvalue weighted by molar-refractivity contribution is 5.79. The van der Waals surface area contributed by atoms with E-state index in [-0.39, 0.29) is 24.7 Å². The number of nitrogens with zero attached hydrogens (tertiary/aromatic N) is 1. The van der Waals surface area contributed by atoms with Gasteiger partial charge in [0.1, 0.15) is 5.75 Å². The largest absolute Gasteiger partial charge is 0.508 e. The predicted octanol–water partition coefficient (Wildman–Crippen LogP) is 1.17. The highest BCUT2D eigenvalue weighted by atomic mass is 16.3. The summed E-state index contributed by atoms with van der Waals surface area (Å²) in [6, 6.07) is 6.94. The van der Waals surface area contributed by atoms with Gasteiger partial charge >= 0.3 is 0 Å². The highest BCUT2D eigenvalue weighted by Crippen LogP contribution is 2.20. The third-order valence-electron chi connectivity index (χ3n) is 3.56. The number of aliphatic hydroxyl groups excluding tert-OH is 1. The molecule has 1 amide bonds. The summed E-state index contributed by atoms with van der Waals surface area (Å²) in [4.78, 5) is 13.9. The maximum atomic E-state index is 12.1. The van der Waals surface area contributed by atoms with Crippen LogP contribution in [-0.4, -0.2) is 40.7 Å². The summed E-state index contributed by atoms with van der Waals surface area (Å²) in [6.45, 7) is 1.62. The Hall–Kier alpha value is -1.55. The van der Waals surface area contributed by atoms with Gasteiger partial charge in [0.05, 0.1) is 6.42 Å². The first-order valence-corrected chi connectivity index (χ1v) is 6.36. The lowest BCUT2D eigenvalue weighted by molar-refractivity contribution is -0.132. The van der Waals surface area contributed by atoms with Crippen LogP contribution < -0.4 is 0 Å². The number of phenols is 1. The normalized spacial score (nSPS) is 16.8. The zero-order valence-corrected chi connectivity index (χ0v) is 10.4. The van der Waals surface area contributed by atoms with Crippen LogP contribution in [0.4, 0.5) is 0 Å². The molecular formula is C14H19NO3. The lowest BCUT2D eigenvalue weighted by atomic mass is 9.97. The molecule has 1 heterocycles. The van der Waals surface area contributed by atoms with E-state index in [0.29, 0.717) is 24.6 Å². The van der Waals surface area contributed by atoms with E-state index in [4.69, 9.17) is 5.11 Å². The third kappa shape index (κ3) is 3.01. The number of likely N-dealkylation sites (tertiary alicyclic amines) is 1. The Labute approximate surface area is 107 Å². The number of benzene rings is 1. The van der Waals surface area contributed by atoms with Crippen molar-refractivity contribution >= 4 is 5.91 Å². The molecule has 0 aromatic heterocycles. The minimum atomic E-state index is 0.0490. The molecule has 0 saturated carbocycles. The summed E-state index contributed by atoms with van der Waals surface area (Å²) in [7, 11) is 0. The van der Waals surface area contributed by atoms with Crippen LogP contribution in [0.25, 0.3) is 0 Å². The fourth-order valence-electron chi connectivity index (χ4n) is 2.30. The number of piperidine rings is 1. The standard InChI is InChI=1S/C14H19NO3/c16-10-11-5-7-15(8-6-11)14(18)9-12-3-1-2-4-13(12)17/h1-4,11,16-17H,5-10H2. The zero-order valence-electron chi connectivity index (χ0n) is 10.4. The second-order valence-electron chi connectivity index (χ2n) is 4.81. The van der Waals surface area contributed by atoms with Crippen molar-refractivity contribution in [3.8, 4) is 5.75 Å². The minimum Gasteiger partial charge on any atom is -0.508 e. The number of aromatic hydroxyl groups is 1. The van der Waals surface area contributed by atoms with Crippen LogP contribution in [0, 0.1) is 5.92 Å². The SMILES string of the molecule is O=C(Cc1ccccc1O)N1CCC(CO)CC1. The molecule has 1 aliphatic rings. The fraction of sp³-hybridized carbons (Fsp3) is 0.500. The van der Waals surface area contributed by atoms with Crippen LogP contribution in [0.3, 0.4) is 0 Å². The number of hydrogen-bond acceptors (Lipinski definition) is 3. The molecule has 1 aromatic rings. The number of para-hydroxylation sites is 1. The van der Waals surface area contributed by atoms with E-state index in [2.05, 4.69) is 0 Å². The van der Waals surface area contributed by atoms with Gasteiger partial charge in [-0.3, -0.25) is 4.79 Å². The maximum absolute atomic E-state index is 12.1. The van der Waals surface area contributed by atoms with Crippen LogP contribution in [-0.2, 0) is 11.2 Å². The van der Waals surface area contributed by atoms with Crippen LogP contribution in [0.15, 0.2) is 24.3 Å². The van der Waals surface area contributed by atoms with E-state index in [1.165, 1.54) is 0 Å². The Morgan fingerprint density at radius 1 is 1.28 bits per heavy atom. The van der Waals surface area contributed by atoms with Crippen LogP contribution in [0.2, 0.25) is 0 Å². The highest BCUT2D eigenvalue weighted by Gasteiger charge is 2.22. The molecular weight excluding hydrogens is 230 g/mol. The molecule has 0 atom stereocenters.